The van der Waals surface area contributed by atoms with Gasteiger partial charge in [0.05, 0.1) is 5.69 Å². The van der Waals surface area contributed by atoms with Crippen molar-refractivity contribution < 1.29 is 0 Å². The maximum atomic E-state index is 4.61. The smallest absolute Gasteiger partial charge is 0.133 e. The van der Waals surface area contributed by atoms with Gasteiger partial charge in [0.15, 0.2) is 0 Å². The fourth-order valence-corrected chi connectivity index (χ4v) is 3.30. The molecule has 1 N–H and O–H groups in total. The molecule has 4 rings (SSSR count). The molecule has 1 atom stereocenters. The Labute approximate surface area is 140 Å². The van der Waals surface area contributed by atoms with Crippen molar-refractivity contribution in [2.24, 2.45) is 7.05 Å². The first-order valence-electron chi connectivity index (χ1n) is 8.25. The molecular formula is C17H21N7. The monoisotopic (exact) mass is 323 g/mol. The van der Waals surface area contributed by atoms with Crippen LogP contribution in [-0.2, 0) is 26.6 Å². The van der Waals surface area contributed by atoms with Crippen molar-refractivity contribution in [3.8, 4) is 11.3 Å². The van der Waals surface area contributed by atoms with Gasteiger partial charge < -0.3 is 9.88 Å². The van der Waals surface area contributed by atoms with Crippen LogP contribution in [0.2, 0.25) is 0 Å². The standard InChI is InChI=1S/C17H21N7/c1-12-20-21-16-4-3-15(11-24(12)16)19-9-14-10-23(2)22-17(14)13-5-7-18-8-6-13/h5-8,10,15,19H,3-4,9,11H2,1-2H3. The lowest BCUT2D eigenvalue weighted by Gasteiger charge is -2.25. The molecule has 0 saturated carbocycles. The number of nitrogens with zero attached hydrogens (tertiary/aromatic N) is 6. The quantitative estimate of drug-likeness (QED) is 0.787. The Bertz CT molecular complexity index is 834. The van der Waals surface area contributed by atoms with E-state index in [1.165, 1.54) is 5.56 Å². The molecule has 0 spiro atoms. The highest BCUT2D eigenvalue weighted by molar-refractivity contribution is 5.61. The summed E-state index contributed by atoms with van der Waals surface area (Å²) in [5.74, 6) is 2.10. The van der Waals surface area contributed by atoms with Crippen LogP contribution in [0.15, 0.2) is 30.7 Å². The molecule has 0 fully saturated rings. The number of hydrogen-bond donors (Lipinski definition) is 1. The summed E-state index contributed by atoms with van der Waals surface area (Å²) >= 11 is 0. The first-order chi connectivity index (χ1) is 11.7. The van der Waals surface area contributed by atoms with Gasteiger partial charge in [0, 0.05) is 62.3 Å². The number of hydrogen-bond acceptors (Lipinski definition) is 5. The lowest BCUT2D eigenvalue weighted by atomic mass is 10.1. The van der Waals surface area contributed by atoms with Gasteiger partial charge in [-0.3, -0.25) is 9.67 Å². The number of pyridine rings is 1. The molecule has 0 bridgehead atoms. The van der Waals surface area contributed by atoms with Crippen LogP contribution in [0.25, 0.3) is 11.3 Å². The highest BCUT2D eigenvalue weighted by Crippen LogP contribution is 2.22. The number of rotatable bonds is 4. The summed E-state index contributed by atoms with van der Waals surface area (Å²) in [6.07, 6.45) is 7.75. The predicted molar refractivity (Wildman–Crippen MR) is 90.1 cm³/mol. The van der Waals surface area contributed by atoms with Crippen molar-refractivity contribution in [1.29, 1.82) is 0 Å². The summed E-state index contributed by atoms with van der Waals surface area (Å²) in [6, 6.07) is 4.43. The number of aryl methyl sites for hydroxylation is 3. The zero-order chi connectivity index (χ0) is 16.5. The molecule has 0 amide bonds. The molecule has 7 heteroatoms. The van der Waals surface area contributed by atoms with Gasteiger partial charge >= 0.3 is 0 Å². The van der Waals surface area contributed by atoms with E-state index in [2.05, 4.69) is 36.4 Å². The van der Waals surface area contributed by atoms with E-state index in [0.717, 1.165) is 48.8 Å². The van der Waals surface area contributed by atoms with Gasteiger partial charge in [0.2, 0.25) is 0 Å². The highest BCUT2D eigenvalue weighted by atomic mass is 15.3. The second kappa shape index (κ2) is 6.16. The number of fused-ring (bicyclic) bond motifs is 1. The van der Waals surface area contributed by atoms with Gasteiger partial charge in [-0.15, -0.1) is 10.2 Å². The van der Waals surface area contributed by atoms with Gasteiger partial charge in [-0.05, 0) is 25.5 Å². The Hall–Kier alpha value is -2.54. The first kappa shape index (κ1) is 15.0. The van der Waals surface area contributed by atoms with Crippen LogP contribution in [0, 0.1) is 6.92 Å². The number of aromatic nitrogens is 6. The lowest BCUT2D eigenvalue weighted by Crippen LogP contribution is -2.37. The van der Waals surface area contributed by atoms with Crippen LogP contribution in [0.5, 0.6) is 0 Å². The average molecular weight is 323 g/mol. The molecule has 0 aliphatic carbocycles. The van der Waals surface area contributed by atoms with Crippen molar-refractivity contribution in [3.63, 3.8) is 0 Å². The molecule has 7 nitrogen and oxygen atoms in total. The van der Waals surface area contributed by atoms with Gasteiger partial charge in [0.25, 0.3) is 0 Å². The minimum atomic E-state index is 0.428. The van der Waals surface area contributed by atoms with Crippen LogP contribution in [-0.4, -0.2) is 35.6 Å². The van der Waals surface area contributed by atoms with Crippen molar-refractivity contribution in [2.75, 3.05) is 0 Å². The summed E-state index contributed by atoms with van der Waals surface area (Å²) in [5.41, 5.74) is 3.32. The Morgan fingerprint density at radius 2 is 2.08 bits per heavy atom. The molecule has 1 unspecified atom stereocenters. The Kier molecular flexibility index (Phi) is 3.86. The maximum absolute atomic E-state index is 4.61. The van der Waals surface area contributed by atoms with E-state index >= 15 is 0 Å². The molecule has 24 heavy (non-hydrogen) atoms. The fourth-order valence-electron chi connectivity index (χ4n) is 3.30. The molecule has 3 aromatic rings. The predicted octanol–water partition coefficient (Wildman–Crippen LogP) is 1.49. The highest BCUT2D eigenvalue weighted by Gasteiger charge is 2.21. The second-order valence-electron chi connectivity index (χ2n) is 6.30. The lowest BCUT2D eigenvalue weighted by molar-refractivity contribution is 0.375. The normalized spacial score (nSPS) is 17.0. The van der Waals surface area contributed by atoms with Crippen molar-refractivity contribution in [2.45, 2.75) is 38.9 Å². The maximum Gasteiger partial charge on any atom is 0.133 e. The molecule has 0 aromatic carbocycles. The summed E-state index contributed by atoms with van der Waals surface area (Å²) in [4.78, 5) is 4.09. The topological polar surface area (TPSA) is 73.5 Å². The van der Waals surface area contributed by atoms with Gasteiger partial charge in [0.1, 0.15) is 11.6 Å². The molecular weight excluding hydrogens is 302 g/mol. The molecule has 3 aromatic heterocycles. The molecule has 0 radical (unpaired) electrons. The van der Waals surface area contributed by atoms with Gasteiger partial charge in [-0.25, -0.2) is 0 Å². The van der Waals surface area contributed by atoms with E-state index in [9.17, 15) is 0 Å². The zero-order valence-corrected chi connectivity index (χ0v) is 14.0. The Balaban J connectivity index is 1.48. The second-order valence-corrected chi connectivity index (χ2v) is 6.30. The van der Waals surface area contributed by atoms with Crippen molar-refractivity contribution >= 4 is 0 Å². The van der Waals surface area contributed by atoms with E-state index < -0.39 is 0 Å². The van der Waals surface area contributed by atoms with E-state index in [4.69, 9.17) is 0 Å². The molecule has 0 saturated heterocycles. The zero-order valence-electron chi connectivity index (χ0n) is 14.0. The largest absolute Gasteiger partial charge is 0.314 e. The third-order valence-corrected chi connectivity index (χ3v) is 4.57. The summed E-state index contributed by atoms with van der Waals surface area (Å²) in [7, 11) is 1.96. The van der Waals surface area contributed by atoms with E-state index in [-0.39, 0.29) is 0 Å². The summed E-state index contributed by atoms with van der Waals surface area (Å²) < 4.78 is 4.09. The molecule has 1 aliphatic heterocycles. The SMILES string of the molecule is Cc1nnc2n1CC(NCc1cn(C)nc1-c1ccncc1)CC2. The Morgan fingerprint density at radius 3 is 2.92 bits per heavy atom. The van der Waals surface area contributed by atoms with Crippen molar-refractivity contribution in [3.05, 3.63) is 47.9 Å². The first-order valence-corrected chi connectivity index (χ1v) is 8.25. The van der Waals surface area contributed by atoms with Crippen LogP contribution >= 0.6 is 0 Å². The van der Waals surface area contributed by atoms with Crippen LogP contribution < -0.4 is 5.32 Å². The van der Waals surface area contributed by atoms with Gasteiger partial charge in [-0.1, -0.05) is 0 Å². The Morgan fingerprint density at radius 1 is 1.25 bits per heavy atom. The van der Waals surface area contributed by atoms with Gasteiger partial charge in [-0.2, -0.15) is 5.10 Å². The number of nitrogens with one attached hydrogen (secondary N) is 1. The fraction of sp³-hybridized carbons (Fsp3) is 0.412. The summed E-state index contributed by atoms with van der Waals surface area (Å²) in [6.45, 7) is 3.74. The van der Waals surface area contributed by atoms with E-state index in [0.29, 0.717) is 6.04 Å². The average Bonchev–Trinajstić information content (AvgIpc) is 3.17. The third kappa shape index (κ3) is 2.82. The molecule has 4 heterocycles. The third-order valence-electron chi connectivity index (χ3n) is 4.57. The van der Waals surface area contributed by atoms with Crippen LogP contribution in [0.3, 0.4) is 0 Å². The van der Waals surface area contributed by atoms with E-state index in [1.54, 1.807) is 12.4 Å². The van der Waals surface area contributed by atoms with Crippen LogP contribution in [0.4, 0.5) is 0 Å². The minimum absolute atomic E-state index is 0.428. The van der Waals surface area contributed by atoms with Crippen LogP contribution in [0.1, 0.15) is 23.6 Å². The molecule has 124 valence electrons. The van der Waals surface area contributed by atoms with E-state index in [1.807, 2.05) is 30.8 Å². The molecule has 1 aliphatic rings. The minimum Gasteiger partial charge on any atom is -0.314 e. The summed E-state index contributed by atoms with van der Waals surface area (Å²) in [5, 5.41) is 16.7. The van der Waals surface area contributed by atoms with Crippen molar-refractivity contribution in [1.82, 2.24) is 34.8 Å².